The average Bonchev–Trinajstić information content (AvgIpc) is 2.42. The van der Waals surface area contributed by atoms with E-state index < -0.39 is 10.8 Å². The SMILES string of the molecule is CC(=O)c1c(C)cc(C)c(CS(=O)Cc2cccc(Cl)c2)c1C. The van der Waals surface area contributed by atoms with E-state index in [1.807, 2.05) is 45.0 Å². The largest absolute Gasteiger partial charge is 0.294 e. The van der Waals surface area contributed by atoms with E-state index in [9.17, 15) is 9.00 Å². The van der Waals surface area contributed by atoms with Gasteiger partial charge >= 0.3 is 0 Å². The summed E-state index contributed by atoms with van der Waals surface area (Å²) in [6, 6.07) is 9.46. The Bertz CT molecular complexity index is 781. The molecule has 23 heavy (non-hydrogen) atoms. The molecular weight excluding hydrogens is 328 g/mol. The standard InChI is InChI=1S/C19H21ClO2S/c1-12-8-13(2)19(15(4)21)14(3)18(12)11-23(22)10-16-6-5-7-17(20)9-16/h5-9H,10-11H2,1-4H3. The Hall–Kier alpha value is -1.45. The van der Waals surface area contributed by atoms with Crippen LogP contribution in [0, 0.1) is 20.8 Å². The summed E-state index contributed by atoms with van der Waals surface area (Å²) in [6.45, 7) is 7.49. The Morgan fingerprint density at radius 1 is 1.09 bits per heavy atom. The molecule has 2 rings (SSSR count). The molecule has 0 heterocycles. The first kappa shape index (κ1) is 17.9. The van der Waals surface area contributed by atoms with Crippen LogP contribution in [0.4, 0.5) is 0 Å². The monoisotopic (exact) mass is 348 g/mol. The normalized spacial score (nSPS) is 12.2. The number of carbonyl (C=O) groups excluding carboxylic acids is 1. The van der Waals surface area contributed by atoms with E-state index in [1.54, 1.807) is 13.0 Å². The van der Waals surface area contributed by atoms with Crippen LogP contribution in [-0.2, 0) is 22.3 Å². The molecule has 0 fully saturated rings. The molecule has 0 amide bonds. The Kier molecular flexibility index (Phi) is 5.77. The second-order valence-corrected chi connectivity index (χ2v) is 7.80. The van der Waals surface area contributed by atoms with E-state index in [0.29, 0.717) is 16.5 Å². The lowest BCUT2D eigenvalue weighted by atomic mass is 9.92. The van der Waals surface area contributed by atoms with Gasteiger partial charge in [-0.05, 0) is 67.6 Å². The summed E-state index contributed by atoms with van der Waals surface area (Å²) in [4.78, 5) is 11.9. The van der Waals surface area contributed by atoms with Crippen LogP contribution in [0.5, 0.6) is 0 Å². The zero-order chi connectivity index (χ0) is 17.1. The molecule has 2 nitrogen and oxygen atoms in total. The molecule has 0 radical (unpaired) electrons. The Morgan fingerprint density at radius 3 is 2.39 bits per heavy atom. The second kappa shape index (κ2) is 7.41. The van der Waals surface area contributed by atoms with Crippen molar-refractivity contribution in [1.82, 2.24) is 0 Å². The van der Waals surface area contributed by atoms with Crippen molar-refractivity contribution < 1.29 is 9.00 Å². The fraction of sp³-hybridized carbons (Fsp3) is 0.316. The maximum Gasteiger partial charge on any atom is 0.160 e. The number of ketones is 1. The average molecular weight is 349 g/mol. The van der Waals surface area contributed by atoms with Gasteiger partial charge in [-0.2, -0.15) is 0 Å². The highest BCUT2D eigenvalue weighted by molar-refractivity contribution is 7.83. The molecule has 1 unspecified atom stereocenters. The smallest absolute Gasteiger partial charge is 0.160 e. The summed E-state index contributed by atoms with van der Waals surface area (Å²) in [5.41, 5.74) is 5.76. The fourth-order valence-electron chi connectivity index (χ4n) is 3.01. The third-order valence-corrected chi connectivity index (χ3v) is 5.51. The van der Waals surface area contributed by atoms with E-state index in [2.05, 4.69) is 0 Å². The highest BCUT2D eigenvalue weighted by atomic mass is 35.5. The van der Waals surface area contributed by atoms with Crippen molar-refractivity contribution >= 4 is 28.2 Å². The molecular formula is C19H21ClO2S. The lowest BCUT2D eigenvalue weighted by molar-refractivity contribution is 0.101. The van der Waals surface area contributed by atoms with Crippen LogP contribution in [0.25, 0.3) is 0 Å². The molecule has 4 heteroatoms. The lowest BCUT2D eigenvalue weighted by Gasteiger charge is -2.15. The maximum absolute atomic E-state index is 12.5. The summed E-state index contributed by atoms with van der Waals surface area (Å²) in [5, 5.41) is 0.654. The molecule has 0 saturated heterocycles. The van der Waals surface area contributed by atoms with Gasteiger partial charge in [0.1, 0.15) is 0 Å². The number of benzene rings is 2. The first-order valence-electron chi connectivity index (χ1n) is 7.49. The molecule has 0 aliphatic rings. The molecule has 0 N–H and O–H groups in total. The topological polar surface area (TPSA) is 34.1 Å². The summed E-state index contributed by atoms with van der Waals surface area (Å²) < 4.78 is 12.5. The van der Waals surface area contributed by atoms with Crippen LogP contribution >= 0.6 is 11.6 Å². The van der Waals surface area contributed by atoms with Crippen molar-refractivity contribution in [2.75, 3.05) is 0 Å². The van der Waals surface area contributed by atoms with Gasteiger partial charge in [0.15, 0.2) is 5.78 Å². The molecule has 1 atom stereocenters. The molecule has 2 aromatic carbocycles. The van der Waals surface area contributed by atoms with Crippen LogP contribution in [0.15, 0.2) is 30.3 Å². The quantitative estimate of drug-likeness (QED) is 0.719. The number of aryl methyl sites for hydroxylation is 2. The third-order valence-electron chi connectivity index (χ3n) is 4.01. The van der Waals surface area contributed by atoms with E-state index >= 15 is 0 Å². The van der Waals surface area contributed by atoms with Crippen molar-refractivity contribution in [2.45, 2.75) is 39.2 Å². The number of hydrogen-bond acceptors (Lipinski definition) is 2. The lowest BCUT2D eigenvalue weighted by Crippen LogP contribution is -2.09. The van der Waals surface area contributed by atoms with E-state index in [0.717, 1.165) is 33.4 Å². The minimum absolute atomic E-state index is 0.0573. The first-order chi connectivity index (χ1) is 10.8. The van der Waals surface area contributed by atoms with Gasteiger partial charge in [0.25, 0.3) is 0 Å². The molecule has 2 aromatic rings. The fourth-order valence-corrected chi connectivity index (χ4v) is 4.65. The van der Waals surface area contributed by atoms with Crippen molar-refractivity contribution in [3.8, 4) is 0 Å². The van der Waals surface area contributed by atoms with Gasteiger partial charge in [0.05, 0.1) is 0 Å². The van der Waals surface area contributed by atoms with Gasteiger partial charge in [-0.1, -0.05) is 29.8 Å². The van der Waals surface area contributed by atoms with Gasteiger partial charge in [-0.3, -0.25) is 9.00 Å². The summed E-state index contributed by atoms with van der Waals surface area (Å²) in [6.07, 6.45) is 0. The highest BCUT2D eigenvalue weighted by Crippen LogP contribution is 2.25. The number of hydrogen-bond donors (Lipinski definition) is 0. The zero-order valence-electron chi connectivity index (χ0n) is 13.9. The van der Waals surface area contributed by atoms with Gasteiger partial charge in [0.2, 0.25) is 0 Å². The number of rotatable bonds is 5. The minimum Gasteiger partial charge on any atom is -0.294 e. The van der Waals surface area contributed by atoms with Crippen molar-refractivity contribution in [3.63, 3.8) is 0 Å². The Balaban J connectivity index is 2.27. The number of carbonyl (C=O) groups is 1. The molecule has 0 saturated carbocycles. The van der Waals surface area contributed by atoms with Gasteiger partial charge in [0, 0.05) is 32.9 Å². The third kappa shape index (κ3) is 4.30. The Morgan fingerprint density at radius 2 is 1.78 bits per heavy atom. The van der Waals surface area contributed by atoms with Crippen LogP contribution in [-0.4, -0.2) is 9.99 Å². The first-order valence-corrected chi connectivity index (χ1v) is 9.36. The van der Waals surface area contributed by atoms with Gasteiger partial charge in [-0.15, -0.1) is 0 Å². The molecule has 0 aliphatic carbocycles. The van der Waals surface area contributed by atoms with Crippen LogP contribution in [0.2, 0.25) is 5.02 Å². The van der Waals surface area contributed by atoms with E-state index in [4.69, 9.17) is 11.6 Å². The number of halogens is 1. The van der Waals surface area contributed by atoms with Crippen LogP contribution < -0.4 is 0 Å². The van der Waals surface area contributed by atoms with Crippen LogP contribution in [0.1, 0.15) is 45.1 Å². The van der Waals surface area contributed by atoms with E-state index in [1.165, 1.54) is 0 Å². The molecule has 0 bridgehead atoms. The minimum atomic E-state index is -1.05. The molecule has 0 aromatic heterocycles. The predicted molar refractivity (Wildman–Crippen MR) is 97.7 cm³/mol. The highest BCUT2D eigenvalue weighted by Gasteiger charge is 2.16. The second-order valence-electron chi connectivity index (χ2n) is 5.90. The maximum atomic E-state index is 12.5. The molecule has 122 valence electrons. The predicted octanol–water partition coefficient (Wildman–Crippen LogP) is 4.92. The van der Waals surface area contributed by atoms with Gasteiger partial charge in [-0.25, -0.2) is 0 Å². The van der Waals surface area contributed by atoms with Crippen molar-refractivity contribution in [2.24, 2.45) is 0 Å². The summed E-state index contributed by atoms with van der Waals surface area (Å²) in [5.74, 6) is 0.967. The summed E-state index contributed by atoms with van der Waals surface area (Å²) >= 11 is 5.98. The molecule has 0 spiro atoms. The molecule has 0 aliphatic heterocycles. The Labute approximate surface area is 145 Å². The summed E-state index contributed by atoms with van der Waals surface area (Å²) in [7, 11) is -1.05. The zero-order valence-corrected chi connectivity index (χ0v) is 15.5. The van der Waals surface area contributed by atoms with Crippen molar-refractivity contribution in [3.05, 3.63) is 68.7 Å². The number of Topliss-reactive ketones (excluding diaryl/α,β-unsaturated/α-hetero) is 1. The van der Waals surface area contributed by atoms with Crippen molar-refractivity contribution in [1.29, 1.82) is 0 Å². The van der Waals surface area contributed by atoms with Crippen LogP contribution in [0.3, 0.4) is 0 Å². The van der Waals surface area contributed by atoms with E-state index in [-0.39, 0.29) is 5.78 Å². The van der Waals surface area contributed by atoms with Gasteiger partial charge < -0.3 is 0 Å².